The van der Waals surface area contributed by atoms with Crippen molar-refractivity contribution in [1.29, 1.82) is 0 Å². The fourth-order valence-electron chi connectivity index (χ4n) is 2.95. The van der Waals surface area contributed by atoms with Gasteiger partial charge in [-0.3, -0.25) is 4.79 Å². The van der Waals surface area contributed by atoms with E-state index in [0.29, 0.717) is 23.1 Å². The summed E-state index contributed by atoms with van der Waals surface area (Å²) in [5.41, 5.74) is -1.22. The molecule has 0 amide bonds. The summed E-state index contributed by atoms with van der Waals surface area (Å²) in [4.78, 5) is 12.4. The third-order valence-electron chi connectivity index (χ3n) is 4.18. The molecule has 1 fully saturated rings. The summed E-state index contributed by atoms with van der Waals surface area (Å²) in [6.07, 6.45) is 2.34. The number of sulfonamides is 1. The minimum Gasteiger partial charge on any atom is -0.493 e. The van der Waals surface area contributed by atoms with E-state index in [1.54, 1.807) is 6.92 Å². The number of hydrogen-bond acceptors (Lipinski definition) is 6. The highest BCUT2D eigenvalue weighted by atomic mass is 79.9. The number of hydrogen-bond donors (Lipinski definition) is 1. The zero-order valence-corrected chi connectivity index (χ0v) is 16.8. The second kappa shape index (κ2) is 7.92. The Balaban J connectivity index is 2.43. The van der Waals surface area contributed by atoms with Crippen LogP contribution in [0.25, 0.3) is 0 Å². The van der Waals surface area contributed by atoms with Crippen LogP contribution in [0.3, 0.4) is 0 Å². The molecule has 2 rings (SSSR count). The predicted molar refractivity (Wildman–Crippen MR) is 95.4 cm³/mol. The fraction of sp³-hybridized carbons (Fsp3) is 0.562. The van der Waals surface area contributed by atoms with E-state index in [0.717, 1.165) is 12.8 Å². The number of nitrogens with one attached hydrogen (secondary N) is 1. The SMILES string of the molecule is CCOC(=O)C1(NS(=O)(=O)c2cc(OC)c(OC)cc2Br)CCCC1. The van der Waals surface area contributed by atoms with Crippen LogP contribution in [0, 0.1) is 0 Å². The lowest BCUT2D eigenvalue weighted by atomic mass is 10.00. The van der Waals surface area contributed by atoms with Crippen LogP contribution in [0.1, 0.15) is 32.6 Å². The van der Waals surface area contributed by atoms with Gasteiger partial charge >= 0.3 is 5.97 Å². The predicted octanol–water partition coefficient (Wildman–Crippen LogP) is 2.62. The van der Waals surface area contributed by atoms with E-state index in [2.05, 4.69) is 20.7 Å². The van der Waals surface area contributed by atoms with Crippen LogP contribution in [-0.4, -0.2) is 40.8 Å². The van der Waals surface area contributed by atoms with Crippen LogP contribution in [0.15, 0.2) is 21.5 Å². The molecule has 0 atom stereocenters. The first kappa shape index (κ1) is 20.0. The average molecular weight is 436 g/mol. The van der Waals surface area contributed by atoms with Gasteiger partial charge in [-0.05, 0) is 41.8 Å². The largest absolute Gasteiger partial charge is 0.493 e. The molecular formula is C16H22BrNO6S. The van der Waals surface area contributed by atoms with Crippen molar-refractivity contribution in [2.24, 2.45) is 0 Å². The van der Waals surface area contributed by atoms with Gasteiger partial charge in [-0.2, -0.15) is 4.72 Å². The molecule has 7 nitrogen and oxygen atoms in total. The van der Waals surface area contributed by atoms with E-state index < -0.39 is 21.5 Å². The van der Waals surface area contributed by atoms with Crippen molar-refractivity contribution >= 4 is 31.9 Å². The number of methoxy groups -OCH3 is 2. The van der Waals surface area contributed by atoms with E-state index in [1.165, 1.54) is 26.4 Å². The van der Waals surface area contributed by atoms with Crippen molar-refractivity contribution in [2.45, 2.75) is 43.0 Å². The van der Waals surface area contributed by atoms with Gasteiger partial charge in [0.15, 0.2) is 11.5 Å². The van der Waals surface area contributed by atoms with Gasteiger partial charge in [0.1, 0.15) is 10.4 Å². The smallest absolute Gasteiger partial charge is 0.327 e. The molecule has 0 spiro atoms. The monoisotopic (exact) mass is 435 g/mol. The van der Waals surface area contributed by atoms with E-state index >= 15 is 0 Å². The second-order valence-electron chi connectivity index (χ2n) is 5.75. The molecule has 1 aromatic carbocycles. The molecule has 1 N–H and O–H groups in total. The third-order valence-corrected chi connectivity index (χ3v) is 6.68. The zero-order chi connectivity index (χ0) is 18.7. The van der Waals surface area contributed by atoms with Crippen LogP contribution in [0.4, 0.5) is 0 Å². The third kappa shape index (κ3) is 4.09. The van der Waals surface area contributed by atoms with Gasteiger partial charge in [-0.1, -0.05) is 12.8 Å². The first-order valence-electron chi connectivity index (χ1n) is 7.92. The molecule has 25 heavy (non-hydrogen) atoms. The second-order valence-corrected chi connectivity index (χ2v) is 8.26. The van der Waals surface area contributed by atoms with Crippen LogP contribution in [0.2, 0.25) is 0 Å². The molecule has 1 aliphatic carbocycles. The Morgan fingerprint density at radius 1 is 1.20 bits per heavy atom. The molecule has 0 unspecified atom stereocenters. The van der Waals surface area contributed by atoms with Crippen LogP contribution < -0.4 is 14.2 Å². The minimum absolute atomic E-state index is 0.0271. The number of carbonyl (C=O) groups excluding carboxylic acids is 1. The number of benzene rings is 1. The Hall–Kier alpha value is -1.32. The molecular weight excluding hydrogens is 414 g/mol. The first-order chi connectivity index (χ1) is 11.8. The molecule has 0 radical (unpaired) electrons. The van der Waals surface area contributed by atoms with Crippen molar-refractivity contribution < 1.29 is 27.4 Å². The Morgan fingerprint density at radius 3 is 2.28 bits per heavy atom. The molecule has 1 saturated carbocycles. The highest BCUT2D eigenvalue weighted by Crippen LogP contribution is 2.38. The Kier molecular flexibility index (Phi) is 6.34. The lowest BCUT2D eigenvalue weighted by Crippen LogP contribution is -2.53. The van der Waals surface area contributed by atoms with Gasteiger partial charge in [0.2, 0.25) is 10.0 Å². The van der Waals surface area contributed by atoms with Gasteiger partial charge in [-0.15, -0.1) is 0 Å². The standard InChI is InChI=1S/C16H22BrNO6S/c1-4-24-15(19)16(7-5-6-8-16)18-25(20,21)14-10-13(23-3)12(22-2)9-11(14)17/h9-10,18H,4-8H2,1-3H3. The molecule has 140 valence electrons. The molecule has 1 aliphatic rings. The first-order valence-corrected chi connectivity index (χ1v) is 10.2. The summed E-state index contributed by atoms with van der Waals surface area (Å²) in [6.45, 7) is 1.89. The summed E-state index contributed by atoms with van der Waals surface area (Å²) >= 11 is 3.25. The van der Waals surface area contributed by atoms with Crippen LogP contribution in [0.5, 0.6) is 11.5 Å². The lowest BCUT2D eigenvalue weighted by Gasteiger charge is -2.27. The quantitative estimate of drug-likeness (QED) is 0.661. The van der Waals surface area contributed by atoms with Crippen molar-refractivity contribution in [1.82, 2.24) is 4.72 Å². The van der Waals surface area contributed by atoms with Gasteiger partial charge in [0.05, 0.1) is 20.8 Å². The van der Waals surface area contributed by atoms with Gasteiger partial charge < -0.3 is 14.2 Å². The molecule has 0 saturated heterocycles. The minimum atomic E-state index is -3.99. The number of rotatable bonds is 7. The zero-order valence-electron chi connectivity index (χ0n) is 14.4. The Bertz CT molecular complexity index is 743. The van der Waals surface area contributed by atoms with Gasteiger partial charge in [-0.25, -0.2) is 8.42 Å². The van der Waals surface area contributed by atoms with E-state index in [-0.39, 0.29) is 17.3 Å². The molecule has 0 aliphatic heterocycles. The molecule has 0 aromatic heterocycles. The summed E-state index contributed by atoms with van der Waals surface area (Å²) in [6, 6.07) is 2.87. The van der Waals surface area contributed by atoms with Crippen molar-refractivity contribution in [2.75, 3.05) is 20.8 Å². The average Bonchev–Trinajstić information content (AvgIpc) is 3.03. The van der Waals surface area contributed by atoms with Crippen LogP contribution in [-0.2, 0) is 19.6 Å². The number of carbonyl (C=O) groups is 1. The molecule has 0 heterocycles. The van der Waals surface area contributed by atoms with Crippen molar-refractivity contribution in [3.63, 3.8) is 0 Å². The van der Waals surface area contributed by atoms with E-state index in [1.807, 2.05) is 0 Å². The maximum atomic E-state index is 12.9. The lowest BCUT2D eigenvalue weighted by molar-refractivity contribution is -0.150. The topological polar surface area (TPSA) is 90.9 Å². The highest BCUT2D eigenvalue weighted by molar-refractivity contribution is 9.10. The molecule has 0 bridgehead atoms. The summed E-state index contributed by atoms with van der Waals surface area (Å²) in [5, 5.41) is 0. The number of ether oxygens (including phenoxy) is 3. The Morgan fingerprint density at radius 2 is 1.76 bits per heavy atom. The van der Waals surface area contributed by atoms with Gasteiger partial charge in [0.25, 0.3) is 0 Å². The van der Waals surface area contributed by atoms with E-state index in [9.17, 15) is 13.2 Å². The van der Waals surface area contributed by atoms with Crippen LogP contribution >= 0.6 is 15.9 Å². The van der Waals surface area contributed by atoms with Gasteiger partial charge in [0, 0.05) is 10.5 Å². The Labute approximate surface area is 156 Å². The number of esters is 1. The van der Waals surface area contributed by atoms with Crippen molar-refractivity contribution in [3.05, 3.63) is 16.6 Å². The maximum absolute atomic E-state index is 12.9. The van der Waals surface area contributed by atoms with Crippen molar-refractivity contribution in [3.8, 4) is 11.5 Å². The molecule has 1 aromatic rings. The summed E-state index contributed by atoms with van der Waals surface area (Å²) < 4.78 is 44.2. The fourth-order valence-corrected chi connectivity index (χ4v) is 5.40. The normalized spacial score (nSPS) is 16.5. The van der Waals surface area contributed by atoms with E-state index in [4.69, 9.17) is 14.2 Å². The summed E-state index contributed by atoms with van der Waals surface area (Å²) in [5.74, 6) is 0.143. The number of halogens is 1. The molecule has 9 heteroatoms. The maximum Gasteiger partial charge on any atom is 0.327 e. The highest BCUT2D eigenvalue weighted by Gasteiger charge is 2.46. The summed E-state index contributed by atoms with van der Waals surface area (Å²) in [7, 11) is -1.10.